The van der Waals surface area contributed by atoms with Gasteiger partial charge in [0.2, 0.25) is 0 Å². The van der Waals surface area contributed by atoms with Crippen LogP contribution in [0.5, 0.6) is 0 Å². The van der Waals surface area contributed by atoms with E-state index in [-0.39, 0.29) is 24.6 Å². The quantitative estimate of drug-likeness (QED) is 0.812. The summed E-state index contributed by atoms with van der Waals surface area (Å²) < 4.78 is 5.50. The third-order valence-electron chi connectivity index (χ3n) is 3.57. The molecule has 1 heterocycles. The number of aryl methyl sites for hydroxylation is 1. The van der Waals surface area contributed by atoms with Crippen LogP contribution in [0.25, 0.3) is 0 Å². The summed E-state index contributed by atoms with van der Waals surface area (Å²) in [6.45, 7) is 4.97. The third-order valence-corrected chi connectivity index (χ3v) is 3.57. The monoisotopic (exact) mass is 286 g/mol. The predicted octanol–water partition coefficient (Wildman–Crippen LogP) is 1.60. The number of nitrogens with two attached hydrogens (primary N) is 1. The van der Waals surface area contributed by atoms with Crippen LogP contribution in [-0.4, -0.2) is 31.2 Å². The number of amides is 1. The van der Waals surface area contributed by atoms with Gasteiger partial charge in [0.15, 0.2) is 0 Å². The van der Waals surface area contributed by atoms with Gasteiger partial charge in [-0.25, -0.2) is 0 Å². The number of benzene rings is 1. The first-order valence-electron chi connectivity index (χ1n) is 7.32. The Balaban J connectivity index is 2.15. The zero-order valence-electron chi connectivity index (χ0n) is 12.6. The third kappa shape index (κ3) is 4.32. The second-order valence-electron chi connectivity index (χ2n) is 5.43. The van der Waals surface area contributed by atoms with Crippen molar-refractivity contribution in [1.82, 2.24) is 5.32 Å². The van der Waals surface area contributed by atoms with Gasteiger partial charge in [0.1, 0.15) is 0 Å². The van der Waals surface area contributed by atoms with Crippen LogP contribution in [0.2, 0.25) is 0 Å². The van der Waals surface area contributed by atoms with Gasteiger partial charge in [-0.15, -0.1) is 0 Å². The molecule has 0 radical (unpaired) electrons. The summed E-state index contributed by atoms with van der Waals surface area (Å²) in [7, 11) is 0. The molecule has 0 spiro atoms. The van der Waals surface area contributed by atoms with Gasteiger partial charge in [-0.05, 0) is 38.8 Å². The molecule has 4 nitrogen and oxygen atoms in total. The van der Waals surface area contributed by atoms with Gasteiger partial charge in [0.05, 0.1) is 18.2 Å². The van der Waals surface area contributed by atoms with Crippen molar-refractivity contribution in [3.05, 3.63) is 34.9 Å². The second kappa shape index (κ2) is 7.26. The summed E-state index contributed by atoms with van der Waals surface area (Å²) in [5.74, 6) is 5.70. The van der Waals surface area contributed by atoms with Gasteiger partial charge in [-0.1, -0.05) is 23.5 Å². The average molecular weight is 286 g/mol. The molecule has 3 N–H and O–H groups in total. The van der Waals surface area contributed by atoms with Crippen LogP contribution in [0.15, 0.2) is 18.2 Å². The molecule has 2 rings (SSSR count). The highest BCUT2D eigenvalue weighted by atomic mass is 16.5. The first-order chi connectivity index (χ1) is 10.1. The largest absolute Gasteiger partial charge is 0.378 e. The van der Waals surface area contributed by atoms with Gasteiger partial charge < -0.3 is 15.8 Å². The van der Waals surface area contributed by atoms with Gasteiger partial charge in [-0.2, -0.15) is 0 Å². The highest BCUT2D eigenvalue weighted by molar-refractivity contribution is 5.97. The molecule has 1 aliphatic rings. The number of ether oxygens (including phenoxy) is 1. The van der Waals surface area contributed by atoms with Crippen molar-refractivity contribution in [2.24, 2.45) is 5.73 Å². The first-order valence-corrected chi connectivity index (χ1v) is 7.32. The van der Waals surface area contributed by atoms with Crippen molar-refractivity contribution in [2.75, 3.05) is 13.2 Å². The van der Waals surface area contributed by atoms with Crippen LogP contribution in [0.1, 0.15) is 41.3 Å². The van der Waals surface area contributed by atoms with Crippen LogP contribution < -0.4 is 11.1 Å². The number of carbonyl (C=O) groups is 1. The summed E-state index contributed by atoms with van der Waals surface area (Å²) in [6.07, 6.45) is 1.89. The molecule has 21 heavy (non-hydrogen) atoms. The minimum absolute atomic E-state index is 0.0703. The molecule has 1 aromatic carbocycles. The normalized spacial score (nSPS) is 21.3. The standard InChI is InChI=1S/C17H22N2O2/c1-12-5-6-14(4-3-8-18)16(10-12)17(20)19-15-7-9-21-13(2)11-15/h5-6,10,13,15H,7-9,11,18H2,1-2H3,(H,19,20). The molecular formula is C17H22N2O2. The topological polar surface area (TPSA) is 64.4 Å². The van der Waals surface area contributed by atoms with Crippen molar-refractivity contribution in [1.29, 1.82) is 0 Å². The molecule has 0 aliphatic carbocycles. The SMILES string of the molecule is Cc1ccc(C#CCN)c(C(=O)NC2CCOC(C)C2)c1. The van der Waals surface area contributed by atoms with E-state index < -0.39 is 0 Å². The zero-order chi connectivity index (χ0) is 15.2. The maximum Gasteiger partial charge on any atom is 0.252 e. The Morgan fingerprint density at radius 1 is 1.52 bits per heavy atom. The number of nitrogens with one attached hydrogen (secondary N) is 1. The molecule has 4 heteroatoms. The van der Waals surface area contributed by atoms with E-state index >= 15 is 0 Å². The Morgan fingerprint density at radius 2 is 2.33 bits per heavy atom. The summed E-state index contributed by atoms with van der Waals surface area (Å²) in [4.78, 5) is 12.5. The van der Waals surface area contributed by atoms with Gasteiger partial charge in [0.25, 0.3) is 5.91 Å². The molecule has 0 aromatic heterocycles. The first kappa shape index (κ1) is 15.6. The minimum atomic E-state index is -0.0703. The Labute approximate surface area is 126 Å². The maximum absolute atomic E-state index is 12.5. The number of hydrogen-bond acceptors (Lipinski definition) is 3. The van der Waals surface area contributed by atoms with Crippen molar-refractivity contribution < 1.29 is 9.53 Å². The summed E-state index contributed by atoms with van der Waals surface area (Å²) in [6, 6.07) is 5.86. The molecule has 1 fully saturated rings. The Hall–Kier alpha value is -1.83. The summed E-state index contributed by atoms with van der Waals surface area (Å²) in [5, 5.41) is 3.09. The lowest BCUT2D eigenvalue weighted by Crippen LogP contribution is -2.41. The maximum atomic E-state index is 12.5. The van der Waals surface area contributed by atoms with E-state index in [2.05, 4.69) is 17.2 Å². The highest BCUT2D eigenvalue weighted by Crippen LogP contribution is 2.16. The molecule has 1 saturated heterocycles. The zero-order valence-corrected chi connectivity index (χ0v) is 12.6. The van der Waals surface area contributed by atoms with Crippen LogP contribution in [0.3, 0.4) is 0 Å². The lowest BCUT2D eigenvalue weighted by Gasteiger charge is -2.28. The number of hydrogen-bond donors (Lipinski definition) is 2. The summed E-state index contributed by atoms with van der Waals surface area (Å²) >= 11 is 0. The molecule has 2 unspecified atom stereocenters. The minimum Gasteiger partial charge on any atom is -0.378 e. The van der Waals surface area contributed by atoms with E-state index in [1.54, 1.807) is 0 Å². The Kier molecular flexibility index (Phi) is 5.38. The fourth-order valence-corrected chi connectivity index (χ4v) is 2.49. The Morgan fingerprint density at radius 3 is 3.05 bits per heavy atom. The fraction of sp³-hybridized carbons (Fsp3) is 0.471. The number of carbonyl (C=O) groups excluding carboxylic acids is 1. The lowest BCUT2D eigenvalue weighted by atomic mass is 10.0. The molecule has 112 valence electrons. The van der Waals surface area contributed by atoms with E-state index in [1.807, 2.05) is 32.0 Å². The van der Waals surface area contributed by atoms with Gasteiger partial charge >= 0.3 is 0 Å². The predicted molar refractivity (Wildman–Crippen MR) is 83.0 cm³/mol. The molecule has 0 bridgehead atoms. The van der Waals surface area contributed by atoms with E-state index in [0.29, 0.717) is 12.2 Å². The van der Waals surface area contributed by atoms with E-state index in [1.165, 1.54) is 0 Å². The average Bonchev–Trinajstić information content (AvgIpc) is 2.46. The highest BCUT2D eigenvalue weighted by Gasteiger charge is 2.22. The summed E-state index contributed by atoms with van der Waals surface area (Å²) in [5.41, 5.74) is 7.80. The van der Waals surface area contributed by atoms with Crippen molar-refractivity contribution in [2.45, 2.75) is 38.8 Å². The molecule has 0 saturated carbocycles. The van der Waals surface area contributed by atoms with Crippen molar-refractivity contribution >= 4 is 5.91 Å². The fourth-order valence-electron chi connectivity index (χ4n) is 2.49. The van der Waals surface area contributed by atoms with Crippen LogP contribution >= 0.6 is 0 Å². The van der Waals surface area contributed by atoms with Crippen LogP contribution in [0.4, 0.5) is 0 Å². The molecule has 1 aliphatic heterocycles. The Bertz CT molecular complexity index is 572. The van der Waals surface area contributed by atoms with Crippen LogP contribution in [0, 0.1) is 18.8 Å². The second-order valence-corrected chi connectivity index (χ2v) is 5.43. The van der Waals surface area contributed by atoms with Crippen LogP contribution in [-0.2, 0) is 4.74 Å². The van der Waals surface area contributed by atoms with Crippen molar-refractivity contribution in [3.8, 4) is 11.8 Å². The smallest absolute Gasteiger partial charge is 0.252 e. The molecular weight excluding hydrogens is 264 g/mol. The van der Waals surface area contributed by atoms with Gasteiger partial charge in [-0.3, -0.25) is 4.79 Å². The molecule has 1 aromatic rings. The van der Waals surface area contributed by atoms with E-state index in [9.17, 15) is 4.79 Å². The van der Waals surface area contributed by atoms with E-state index in [4.69, 9.17) is 10.5 Å². The van der Waals surface area contributed by atoms with Gasteiger partial charge in [0, 0.05) is 18.2 Å². The molecule has 1 amide bonds. The van der Waals surface area contributed by atoms with Crippen molar-refractivity contribution in [3.63, 3.8) is 0 Å². The lowest BCUT2D eigenvalue weighted by molar-refractivity contribution is 0.0136. The number of rotatable bonds is 2. The van der Waals surface area contributed by atoms with E-state index in [0.717, 1.165) is 24.0 Å². The molecule has 2 atom stereocenters.